The summed E-state index contributed by atoms with van der Waals surface area (Å²) >= 11 is 0. The molecule has 1 heterocycles. The SMILES string of the molecule is C=C1C=C[C@@H](O)[C@@]23C(=O)N[C@@H](Cc4ccccc4)[C@@H]2C(C)=C(C)[C@@H](O)[C@@H]3C=CC[C@H](C)C1. The first-order valence-corrected chi connectivity index (χ1v) is 11.7. The summed E-state index contributed by atoms with van der Waals surface area (Å²) in [7, 11) is 0. The Morgan fingerprint density at radius 2 is 1.84 bits per heavy atom. The molecule has 1 aromatic carbocycles. The highest BCUT2D eigenvalue weighted by atomic mass is 16.3. The molecule has 0 bridgehead atoms. The maximum absolute atomic E-state index is 13.8. The van der Waals surface area contributed by atoms with Gasteiger partial charge in [0, 0.05) is 17.9 Å². The first-order valence-electron chi connectivity index (χ1n) is 11.7. The molecule has 1 saturated heterocycles. The van der Waals surface area contributed by atoms with Crippen molar-refractivity contribution in [2.45, 2.75) is 58.3 Å². The highest BCUT2D eigenvalue weighted by molar-refractivity contribution is 5.89. The van der Waals surface area contributed by atoms with Crippen LogP contribution in [0.25, 0.3) is 0 Å². The molecule has 3 aliphatic rings. The van der Waals surface area contributed by atoms with Gasteiger partial charge in [-0.15, -0.1) is 0 Å². The van der Waals surface area contributed by atoms with E-state index in [1.165, 1.54) is 0 Å². The van der Waals surface area contributed by atoms with Gasteiger partial charge in [-0.1, -0.05) is 79.3 Å². The molecule has 1 amide bonds. The largest absolute Gasteiger partial charge is 0.388 e. The predicted octanol–water partition coefficient (Wildman–Crippen LogP) is 4.12. The number of aliphatic hydroxyl groups excluding tert-OH is 2. The predicted molar refractivity (Wildman–Crippen MR) is 128 cm³/mol. The number of rotatable bonds is 2. The Hall–Kier alpha value is -2.43. The molecule has 0 unspecified atom stereocenters. The van der Waals surface area contributed by atoms with Crippen LogP contribution in [0.2, 0.25) is 0 Å². The molecule has 4 rings (SSSR count). The van der Waals surface area contributed by atoms with Crippen molar-refractivity contribution in [3.63, 3.8) is 0 Å². The number of amides is 1. The van der Waals surface area contributed by atoms with Crippen LogP contribution in [0, 0.1) is 23.2 Å². The van der Waals surface area contributed by atoms with E-state index in [0.29, 0.717) is 12.3 Å². The quantitative estimate of drug-likeness (QED) is 0.615. The molecule has 4 heteroatoms. The fourth-order valence-electron chi connectivity index (χ4n) is 6.14. The van der Waals surface area contributed by atoms with Crippen molar-refractivity contribution in [1.82, 2.24) is 5.32 Å². The van der Waals surface area contributed by atoms with E-state index < -0.39 is 23.5 Å². The highest BCUT2D eigenvalue weighted by Crippen LogP contribution is 2.56. The molecule has 170 valence electrons. The average Bonchev–Trinajstić information content (AvgIpc) is 3.04. The smallest absolute Gasteiger partial charge is 0.230 e. The normalized spacial score (nSPS) is 37.5. The van der Waals surface area contributed by atoms with Crippen LogP contribution in [-0.2, 0) is 11.2 Å². The lowest BCUT2D eigenvalue weighted by Crippen LogP contribution is -2.56. The van der Waals surface area contributed by atoms with Crippen molar-refractivity contribution in [2.75, 3.05) is 0 Å². The van der Waals surface area contributed by atoms with Gasteiger partial charge in [0.15, 0.2) is 0 Å². The Morgan fingerprint density at radius 1 is 1.12 bits per heavy atom. The monoisotopic (exact) mass is 433 g/mol. The van der Waals surface area contributed by atoms with Crippen molar-refractivity contribution < 1.29 is 15.0 Å². The summed E-state index contributed by atoms with van der Waals surface area (Å²) < 4.78 is 0. The Morgan fingerprint density at radius 3 is 2.56 bits per heavy atom. The van der Waals surface area contributed by atoms with Gasteiger partial charge < -0.3 is 15.5 Å². The highest BCUT2D eigenvalue weighted by Gasteiger charge is 2.65. The Labute approximate surface area is 191 Å². The minimum atomic E-state index is -1.16. The summed E-state index contributed by atoms with van der Waals surface area (Å²) in [6.45, 7) is 10.3. The molecule has 4 nitrogen and oxygen atoms in total. The van der Waals surface area contributed by atoms with Gasteiger partial charge >= 0.3 is 0 Å². The molecular weight excluding hydrogens is 398 g/mol. The number of allylic oxidation sites excluding steroid dienone is 3. The molecule has 1 aromatic rings. The first kappa shape index (κ1) is 22.8. The Bertz CT molecular complexity index is 976. The second-order valence-electron chi connectivity index (χ2n) is 9.95. The lowest BCUT2D eigenvalue weighted by molar-refractivity contribution is -0.141. The molecule has 0 saturated carbocycles. The van der Waals surface area contributed by atoms with Gasteiger partial charge in [0.25, 0.3) is 0 Å². The van der Waals surface area contributed by atoms with Gasteiger partial charge in [0.05, 0.1) is 17.6 Å². The van der Waals surface area contributed by atoms with Crippen LogP contribution in [0.15, 0.2) is 77.9 Å². The van der Waals surface area contributed by atoms with Gasteiger partial charge in [-0.3, -0.25) is 4.79 Å². The standard InChI is InChI=1S/C28H35NO3/c1-17-9-8-12-22-26(31)20(4)19(3)25-23(16-21-10-6-5-7-11-21)29-27(32)28(22,25)24(30)14-13-18(2)15-17/h5-8,10-14,17,22-26,30-31H,2,9,15-16H2,1,3-4H3,(H,29,32)/t17-,22-,23-,24+,25-,26+,28+/m0/s1. The fraction of sp³-hybridized carbons (Fsp3) is 0.464. The summed E-state index contributed by atoms with van der Waals surface area (Å²) in [6.07, 6.45) is 8.14. The molecule has 0 radical (unpaired) electrons. The number of hydrogen-bond donors (Lipinski definition) is 3. The third kappa shape index (κ3) is 3.70. The van der Waals surface area contributed by atoms with E-state index in [9.17, 15) is 15.0 Å². The number of carbonyl (C=O) groups excluding carboxylic acids is 1. The molecule has 7 atom stereocenters. The summed E-state index contributed by atoms with van der Waals surface area (Å²) in [5, 5.41) is 26.1. The number of hydrogen-bond acceptors (Lipinski definition) is 3. The van der Waals surface area contributed by atoms with E-state index >= 15 is 0 Å². The molecule has 0 aromatic heterocycles. The van der Waals surface area contributed by atoms with Crippen LogP contribution < -0.4 is 5.32 Å². The third-order valence-corrected chi connectivity index (χ3v) is 7.85. The first-order chi connectivity index (χ1) is 15.3. The zero-order chi connectivity index (χ0) is 23.0. The maximum Gasteiger partial charge on any atom is 0.230 e. The molecule has 3 N–H and O–H groups in total. The zero-order valence-corrected chi connectivity index (χ0v) is 19.3. The fourth-order valence-corrected chi connectivity index (χ4v) is 6.14. The molecule has 1 fully saturated rings. The second-order valence-corrected chi connectivity index (χ2v) is 9.95. The lowest BCUT2D eigenvalue weighted by atomic mass is 9.54. The van der Waals surface area contributed by atoms with E-state index in [-0.39, 0.29) is 17.9 Å². The van der Waals surface area contributed by atoms with Crippen LogP contribution >= 0.6 is 0 Å². The van der Waals surface area contributed by atoms with E-state index in [0.717, 1.165) is 35.1 Å². The number of benzene rings is 1. The van der Waals surface area contributed by atoms with Gasteiger partial charge in [0.2, 0.25) is 5.91 Å². The van der Waals surface area contributed by atoms with Crippen molar-refractivity contribution in [3.05, 3.63) is 83.5 Å². The minimum absolute atomic E-state index is 0.154. The van der Waals surface area contributed by atoms with Crippen LogP contribution in [0.4, 0.5) is 0 Å². The summed E-state index contributed by atoms with van der Waals surface area (Å²) in [6, 6.07) is 9.97. The van der Waals surface area contributed by atoms with E-state index in [4.69, 9.17) is 0 Å². The Kier molecular flexibility index (Phi) is 6.28. The van der Waals surface area contributed by atoms with Crippen LogP contribution in [0.1, 0.15) is 39.2 Å². The zero-order valence-electron chi connectivity index (χ0n) is 19.3. The molecule has 32 heavy (non-hydrogen) atoms. The Balaban J connectivity index is 1.87. The lowest BCUT2D eigenvalue weighted by Gasteiger charge is -2.48. The second kappa shape index (κ2) is 8.84. The maximum atomic E-state index is 13.8. The van der Waals surface area contributed by atoms with Crippen LogP contribution in [0.3, 0.4) is 0 Å². The summed E-state index contributed by atoms with van der Waals surface area (Å²) in [5.41, 5.74) is 2.82. The molecular formula is C28H35NO3. The van der Waals surface area contributed by atoms with Crippen molar-refractivity contribution >= 4 is 5.91 Å². The number of carbonyl (C=O) groups is 1. The molecule has 2 aliphatic carbocycles. The summed E-state index contributed by atoms with van der Waals surface area (Å²) in [5.74, 6) is -0.513. The van der Waals surface area contributed by atoms with Gasteiger partial charge in [-0.2, -0.15) is 0 Å². The van der Waals surface area contributed by atoms with Crippen molar-refractivity contribution in [1.29, 1.82) is 0 Å². The van der Waals surface area contributed by atoms with Gasteiger partial charge in [0.1, 0.15) is 0 Å². The molecule has 1 aliphatic heterocycles. The third-order valence-electron chi connectivity index (χ3n) is 7.85. The average molecular weight is 434 g/mol. The number of nitrogens with one attached hydrogen (secondary N) is 1. The van der Waals surface area contributed by atoms with E-state index in [1.54, 1.807) is 6.08 Å². The van der Waals surface area contributed by atoms with Crippen molar-refractivity contribution in [3.8, 4) is 0 Å². The summed E-state index contributed by atoms with van der Waals surface area (Å²) in [4.78, 5) is 13.8. The topological polar surface area (TPSA) is 69.6 Å². The van der Waals surface area contributed by atoms with E-state index in [2.05, 4.69) is 37.0 Å². The minimum Gasteiger partial charge on any atom is -0.388 e. The van der Waals surface area contributed by atoms with Crippen molar-refractivity contribution in [2.24, 2.45) is 23.2 Å². The van der Waals surface area contributed by atoms with Crippen LogP contribution in [-0.4, -0.2) is 34.4 Å². The number of aliphatic hydroxyl groups is 2. The molecule has 1 spiro atoms. The van der Waals surface area contributed by atoms with E-state index in [1.807, 2.05) is 44.2 Å². The van der Waals surface area contributed by atoms with Gasteiger partial charge in [-0.25, -0.2) is 0 Å². The van der Waals surface area contributed by atoms with Gasteiger partial charge in [-0.05, 0) is 50.2 Å². The van der Waals surface area contributed by atoms with Crippen LogP contribution in [0.5, 0.6) is 0 Å².